The molecule has 1 aliphatic heterocycles. The van der Waals surface area contributed by atoms with Crippen molar-refractivity contribution in [2.75, 3.05) is 13.1 Å². The number of halogens is 2. The molecule has 0 bridgehead atoms. The second-order valence-electron chi connectivity index (χ2n) is 6.14. The van der Waals surface area contributed by atoms with Gasteiger partial charge < -0.3 is 10.0 Å². The van der Waals surface area contributed by atoms with Gasteiger partial charge in [0.25, 0.3) is 5.91 Å². The first-order valence-electron chi connectivity index (χ1n) is 7.89. The molecule has 8 heteroatoms. The first-order chi connectivity index (χ1) is 11.9. The number of rotatable bonds is 3. The van der Waals surface area contributed by atoms with Crippen LogP contribution in [0.2, 0.25) is 0 Å². The SMILES string of the molecule is Cc1cc(F)c(C(=O)N2CCCC(n3cc(C(=O)O)cn3)C2)cc1F. The minimum atomic E-state index is -1.08. The summed E-state index contributed by atoms with van der Waals surface area (Å²) >= 11 is 0. The maximum absolute atomic E-state index is 14.1. The number of carbonyl (C=O) groups excluding carboxylic acids is 1. The van der Waals surface area contributed by atoms with Crippen LogP contribution in [0.4, 0.5) is 8.78 Å². The standard InChI is InChI=1S/C17H17F2N3O3/c1-10-5-15(19)13(6-14(10)18)16(23)21-4-2-3-12(9-21)22-8-11(7-20-22)17(24)25/h5-8,12H,2-4,9H2,1H3,(H,24,25). The van der Waals surface area contributed by atoms with Crippen molar-refractivity contribution >= 4 is 11.9 Å². The van der Waals surface area contributed by atoms with Crippen LogP contribution in [0.15, 0.2) is 24.5 Å². The summed E-state index contributed by atoms with van der Waals surface area (Å²) in [6.07, 6.45) is 4.04. The molecule has 1 saturated heterocycles. The third-order valence-corrected chi connectivity index (χ3v) is 4.39. The van der Waals surface area contributed by atoms with E-state index in [1.807, 2.05) is 0 Å². The molecule has 1 atom stereocenters. The zero-order chi connectivity index (χ0) is 18.1. The third-order valence-electron chi connectivity index (χ3n) is 4.39. The van der Waals surface area contributed by atoms with Crippen molar-refractivity contribution in [1.82, 2.24) is 14.7 Å². The number of piperidine rings is 1. The van der Waals surface area contributed by atoms with Gasteiger partial charge in [-0.3, -0.25) is 9.48 Å². The number of aromatic nitrogens is 2. The molecule has 2 heterocycles. The fourth-order valence-corrected chi connectivity index (χ4v) is 2.98. The molecule has 6 nitrogen and oxygen atoms in total. The molecule has 132 valence electrons. The number of carboxylic acid groups (broad SMARTS) is 1. The Hall–Kier alpha value is -2.77. The summed E-state index contributed by atoms with van der Waals surface area (Å²) in [5.41, 5.74) is -0.0890. The average Bonchev–Trinajstić information content (AvgIpc) is 3.08. The van der Waals surface area contributed by atoms with Crippen LogP contribution in [-0.4, -0.2) is 44.8 Å². The highest BCUT2D eigenvalue weighted by Gasteiger charge is 2.28. The van der Waals surface area contributed by atoms with Crippen LogP contribution in [0.5, 0.6) is 0 Å². The van der Waals surface area contributed by atoms with E-state index in [0.29, 0.717) is 13.0 Å². The highest BCUT2D eigenvalue weighted by molar-refractivity contribution is 5.94. The van der Waals surface area contributed by atoms with Gasteiger partial charge in [0.2, 0.25) is 0 Å². The number of aromatic carboxylic acids is 1. The number of likely N-dealkylation sites (tertiary alicyclic amines) is 1. The minimum absolute atomic E-state index is 0.0649. The first-order valence-corrected chi connectivity index (χ1v) is 7.89. The Balaban J connectivity index is 1.80. The molecule has 2 aromatic rings. The van der Waals surface area contributed by atoms with Crippen molar-refractivity contribution < 1.29 is 23.5 Å². The Labute approximate surface area is 142 Å². The number of carboxylic acids is 1. The minimum Gasteiger partial charge on any atom is -0.478 e. The van der Waals surface area contributed by atoms with Crippen LogP contribution in [0.3, 0.4) is 0 Å². The van der Waals surface area contributed by atoms with Crippen molar-refractivity contribution in [2.24, 2.45) is 0 Å². The molecule has 1 N–H and O–H groups in total. The molecule has 0 spiro atoms. The van der Waals surface area contributed by atoms with Crippen LogP contribution >= 0.6 is 0 Å². The molecular formula is C17H17F2N3O3. The number of benzene rings is 1. The predicted molar refractivity (Wildman–Crippen MR) is 84.5 cm³/mol. The Morgan fingerprint density at radius 3 is 2.72 bits per heavy atom. The van der Waals surface area contributed by atoms with Gasteiger partial charge in [0.15, 0.2) is 0 Å². The fraction of sp³-hybridized carbons (Fsp3) is 0.353. The highest BCUT2D eigenvalue weighted by Crippen LogP contribution is 2.24. The maximum atomic E-state index is 14.1. The normalized spacial score (nSPS) is 17.6. The van der Waals surface area contributed by atoms with E-state index in [1.165, 1.54) is 28.9 Å². The lowest BCUT2D eigenvalue weighted by Crippen LogP contribution is -2.41. The number of hydrogen-bond acceptors (Lipinski definition) is 3. The van der Waals surface area contributed by atoms with E-state index < -0.39 is 23.5 Å². The van der Waals surface area contributed by atoms with Crippen LogP contribution < -0.4 is 0 Å². The summed E-state index contributed by atoms with van der Waals surface area (Å²) in [5, 5.41) is 13.0. The van der Waals surface area contributed by atoms with E-state index in [1.54, 1.807) is 0 Å². The Morgan fingerprint density at radius 1 is 1.28 bits per heavy atom. The second kappa shape index (κ2) is 6.62. The van der Waals surface area contributed by atoms with Gasteiger partial charge in [-0.2, -0.15) is 5.10 Å². The van der Waals surface area contributed by atoms with Crippen LogP contribution in [0, 0.1) is 18.6 Å². The van der Waals surface area contributed by atoms with Crippen LogP contribution in [0.25, 0.3) is 0 Å². The molecule has 1 aliphatic rings. The number of aryl methyl sites for hydroxylation is 1. The molecule has 1 aromatic carbocycles. The van der Waals surface area contributed by atoms with E-state index in [4.69, 9.17) is 5.11 Å². The Morgan fingerprint density at radius 2 is 2.04 bits per heavy atom. The van der Waals surface area contributed by atoms with Gasteiger partial charge in [-0.15, -0.1) is 0 Å². The van der Waals surface area contributed by atoms with Crippen molar-refractivity contribution in [3.05, 3.63) is 52.9 Å². The smallest absolute Gasteiger partial charge is 0.338 e. The Bertz CT molecular complexity index is 835. The largest absolute Gasteiger partial charge is 0.478 e. The summed E-state index contributed by atoms with van der Waals surface area (Å²) in [7, 11) is 0. The number of hydrogen-bond donors (Lipinski definition) is 1. The molecule has 0 radical (unpaired) electrons. The first kappa shape index (κ1) is 17.1. The molecule has 25 heavy (non-hydrogen) atoms. The van der Waals surface area contributed by atoms with Crippen molar-refractivity contribution in [2.45, 2.75) is 25.8 Å². The van der Waals surface area contributed by atoms with Gasteiger partial charge in [-0.05, 0) is 37.5 Å². The molecule has 3 rings (SSSR count). The van der Waals surface area contributed by atoms with E-state index in [2.05, 4.69) is 5.10 Å². The monoisotopic (exact) mass is 349 g/mol. The van der Waals surface area contributed by atoms with Gasteiger partial charge >= 0.3 is 5.97 Å². The number of amides is 1. The van der Waals surface area contributed by atoms with Crippen LogP contribution in [-0.2, 0) is 0 Å². The van der Waals surface area contributed by atoms with Gasteiger partial charge in [-0.25, -0.2) is 13.6 Å². The van der Waals surface area contributed by atoms with E-state index in [-0.39, 0.29) is 29.3 Å². The lowest BCUT2D eigenvalue weighted by atomic mass is 10.0. The van der Waals surface area contributed by atoms with E-state index >= 15 is 0 Å². The second-order valence-corrected chi connectivity index (χ2v) is 6.14. The van der Waals surface area contributed by atoms with Gasteiger partial charge in [0, 0.05) is 19.3 Å². The Kier molecular flexibility index (Phi) is 4.52. The van der Waals surface area contributed by atoms with Crippen molar-refractivity contribution in [3.63, 3.8) is 0 Å². The van der Waals surface area contributed by atoms with Gasteiger partial charge in [0.1, 0.15) is 11.6 Å². The van der Waals surface area contributed by atoms with Crippen molar-refractivity contribution in [1.29, 1.82) is 0 Å². The van der Waals surface area contributed by atoms with E-state index in [0.717, 1.165) is 18.6 Å². The lowest BCUT2D eigenvalue weighted by Gasteiger charge is -2.33. The third kappa shape index (κ3) is 3.38. The molecular weight excluding hydrogens is 332 g/mol. The zero-order valence-corrected chi connectivity index (χ0v) is 13.6. The average molecular weight is 349 g/mol. The fourth-order valence-electron chi connectivity index (χ4n) is 2.98. The molecule has 0 aliphatic carbocycles. The molecule has 1 amide bonds. The summed E-state index contributed by atoms with van der Waals surface area (Å²) in [4.78, 5) is 25.0. The summed E-state index contributed by atoms with van der Waals surface area (Å²) in [6.45, 7) is 2.12. The van der Waals surface area contributed by atoms with Gasteiger partial charge in [-0.1, -0.05) is 0 Å². The zero-order valence-electron chi connectivity index (χ0n) is 13.6. The van der Waals surface area contributed by atoms with Crippen LogP contribution in [0.1, 0.15) is 45.2 Å². The summed E-state index contributed by atoms with van der Waals surface area (Å²) < 4.78 is 29.3. The van der Waals surface area contributed by atoms with E-state index in [9.17, 15) is 18.4 Å². The maximum Gasteiger partial charge on any atom is 0.338 e. The molecule has 1 aromatic heterocycles. The summed E-state index contributed by atoms with van der Waals surface area (Å²) in [6, 6.07) is 1.73. The number of nitrogens with zero attached hydrogens (tertiary/aromatic N) is 3. The lowest BCUT2D eigenvalue weighted by molar-refractivity contribution is 0.0661. The van der Waals surface area contributed by atoms with Crippen molar-refractivity contribution in [3.8, 4) is 0 Å². The molecule has 0 saturated carbocycles. The molecule has 1 unspecified atom stereocenters. The summed E-state index contributed by atoms with van der Waals surface area (Å²) in [5.74, 6) is -3.03. The topological polar surface area (TPSA) is 75.4 Å². The predicted octanol–water partition coefficient (Wildman–Crippen LogP) is 2.65. The number of carbonyl (C=O) groups is 2. The quantitative estimate of drug-likeness (QED) is 0.924. The molecule has 1 fully saturated rings. The highest BCUT2D eigenvalue weighted by atomic mass is 19.1. The van der Waals surface area contributed by atoms with Gasteiger partial charge in [0.05, 0.1) is 23.4 Å².